The van der Waals surface area contributed by atoms with Crippen LogP contribution < -0.4 is 4.90 Å². The van der Waals surface area contributed by atoms with Gasteiger partial charge in [0, 0.05) is 13.1 Å². The molecule has 0 aliphatic carbocycles. The molecule has 0 saturated carbocycles. The number of hydrogen-bond acceptors (Lipinski definition) is 2. The van der Waals surface area contributed by atoms with E-state index in [2.05, 4.69) is 4.90 Å². The third-order valence-corrected chi connectivity index (χ3v) is 4.24. The summed E-state index contributed by atoms with van der Waals surface area (Å²) in [6.07, 6.45) is 4.20. The van der Waals surface area contributed by atoms with Crippen molar-refractivity contribution in [2.45, 2.75) is 39.5 Å². The van der Waals surface area contributed by atoms with Crippen LogP contribution in [0.2, 0.25) is 5.02 Å². The third kappa shape index (κ3) is 3.45. The zero-order valence-corrected chi connectivity index (χ0v) is 12.9. The zero-order chi connectivity index (χ0) is 14.8. The largest absolute Gasteiger partial charge is 0.481 e. The third-order valence-electron chi connectivity index (χ3n) is 3.93. The molecule has 1 saturated heterocycles. The van der Waals surface area contributed by atoms with Crippen LogP contribution in [-0.4, -0.2) is 24.2 Å². The molecule has 20 heavy (non-hydrogen) atoms. The molecule has 1 N–H and O–H groups in total. The van der Waals surface area contributed by atoms with Crippen molar-refractivity contribution in [1.82, 2.24) is 0 Å². The fourth-order valence-electron chi connectivity index (χ4n) is 2.64. The highest BCUT2D eigenvalue weighted by Gasteiger charge is 2.27. The molecule has 0 radical (unpaired) electrons. The van der Waals surface area contributed by atoms with E-state index in [9.17, 15) is 9.90 Å². The Morgan fingerprint density at radius 2 is 1.95 bits per heavy atom. The maximum Gasteiger partial charge on any atom is 0.309 e. The van der Waals surface area contributed by atoms with E-state index in [1.165, 1.54) is 19.3 Å². The maximum atomic E-state index is 11.2. The van der Waals surface area contributed by atoms with Crippen molar-refractivity contribution in [2.24, 2.45) is 5.41 Å². The van der Waals surface area contributed by atoms with Gasteiger partial charge in [-0.05, 0) is 57.2 Å². The van der Waals surface area contributed by atoms with Crippen LogP contribution in [-0.2, 0) is 11.2 Å². The topological polar surface area (TPSA) is 40.5 Å². The Bertz CT molecular complexity index is 493. The molecular formula is C16H22ClNO2. The van der Waals surface area contributed by atoms with E-state index in [1.54, 1.807) is 13.8 Å². The summed E-state index contributed by atoms with van der Waals surface area (Å²) in [4.78, 5) is 13.5. The minimum atomic E-state index is -0.784. The van der Waals surface area contributed by atoms with Crippen molar-refractivity contribution < 1.29 is 9.90 Å². The fourth-order valence-corrected chi connectivity index (χ4v) is 2.96. The van der Waals surface area contributed by atoms with Crippen molar-refractivity contribution in [2.75, 3.05) is 18.0 Å². The molecule has 1 aromatic rings. The van der Waals surface area contributed by atoms with Crippen LogP contribution in [0.1, 0.15) is 38.7 Å². The van der Waals surface area contributed by atoms with E-state index >= 15 is 0 Å². The van der Waals surface area contributed by atoms with Crippen molar-refractivity contribution >= 4 is 23.3 Å². The van der Waals surface area contributed by atoms with Crippen LogP contribution >= 0.6 is 11.6 Å². The number of rotatable bonds is 4. The highest BCUT2D eigenvalue weighted by Crippen LogP contribution is 2.31. The normalized spacial score (nSPS) is 16.2. The van der Waals surface area contributed by atoms with Gasteiger partial charge in [-0.25, -0.2) is 0 Å². The van der Waals surface area contributed by atoms with Crippen molar-refractivity contribution in [3.8, 4) is 0 Å². The predicted molar refractivity (Wildman–Crippen MR) is 82.6 cm³/mol. The van der Waals surface area contributed by atoms with Crippen LogP contribution in [0, 0.1) is 5.41 Å². The first-order valence-corrected chi connectivity index (χ1v) is 7.55. The Kier molecular flexibility index (Phi) is 4.59. The molecule has 1 aromatic carbocycles. The number of nitrogens with zero attached hydrogens (tertiary/aromatic N) is 1. The van der Waals surface area contributed by atoms with Gasteiger partial charge in [-0.2, -0.15) is 0 Å². The lowest BCUT2D eigenvalue weighted by Gasteiger charge is -2.30. The molecule has 1 aliphatic heterocycles. The first kappa shape index (κ1) is 15.2. The van der Waals surface area contributed by atoms with Gasteiger partial charge in [-0.3, -0.25) is 4.79 Å². The van der Waals surface area contributed by atoms with Gasteiger partial charge < -0.3 is 10.0 Å². The maximum absolute atomic E-state index is 11.2. The highest BCUT2D eigenvalue weighted by molar-refractivity contribution is 6.33. The summed E-state index contributed by atoms with van der Waals surface area (Å²) >= 11 is 6.38. The second-order valence-electron chi connectivity index (χ2n) is 6.20. The van der Waals surface area contributed by atoms with Gasteiger partial charge in [0.15, 0.2) is 0 Å². The van der Waals surface area contributed by atoms with E-state index < -0.39 is 11.4 Å². The molecule has 3 nitrogen and oxygen atoms in total. The average Bonchev–Trinajstić information content (AvgIpc) is 2.39. The molecule has 0 atom stereocenters. The summed E-state index contributed by atoms with van der Waals surface area (Å²) in [5, 5.41) is 9.92. The van der Waals surface area contributed by atoms with Gasteiger partial charge in [0.1, 0.15) is 0 Å². The van der Waals surface area contributed by atoms with E-state index in [0.717, 1.165) is 29.4 Å². The highest BCUT2D eigenvalue weighted by atomic mass is 35.5. The molecule has 0 spiro atoms. The smallest absolute Gasteiger partial charge is 0.309 e. The molecule has 1 aliphatic rings. The number of hydrogen-bond donors (Lipinski definition) is 1. The Morgan fingerprint density at radius 1 is 1.30 bits per heavy atom. The number of aliphatic carboxylic acids is 1. The zero-order valence-electron chi connectivity index (χ0n) is 12.2. The van der Waals surface area contributed by atoms with Crippen LogP contribution in [0.3, 0.4) is 0 Å². The van der Waals surface area contributed by atoms with Gasteiger partial charge in [-0.15, -0.1) is 0 Å². The van der Waals surface area contributed by atoms with Crippen molar-refractivity contribution in [3.05, 3.63) is 28.8 Å². The number of anilines is 1. The Morgan fingerprint density at radius 3 is 2.50 bits per heavy atom. The molecule has 110 valence electrons. The van der Waals surface area contributed by atoms with Crippen LogP contribution in [0.25, 0.3) is 0 Å². The van der Waals surface area contributed by atoms with Gasteiger partial charge in [0.2, 0.25) is 0 Å². The monoisotopic (exact) mass is 295 g/mol. The lowest BCUT2D eigenvalue weighted by Crippen LogP contribution is -2.29. The molecule has 0 bridgehead atoms. The first-order chi connectivity index (χ1) is 9.40. The number of benzene rings is 1. The number of carbonyl (C=O) groups is 1. The summed E-state index contributed by atoms with van der Waals surface area (Å²) in [5.74, 6) is -0.784. The van der Waals surface area contributed by atoms with Crippen LogP contribution in [0.4, 0.5) is 5.69 Å². The number of carboxylic acid groups (broad SMARTS) is 1. The average molecular weight is 296 g/mol. The van der Waals surface area contributed by atoms with Crippen molar-refractivity contribution in [3.63, 3.8) is 0 Å². The second-order valence-corrected chi connectivity index (χ2v) is 6.61. The molecule has 0 aromatic heterocycles. The molecule has 2 rings (SSSR count). The lowest BCUT2D eigenvalue weighted by atomic mass is 9.86. The molecule has 1 fully saturated rings. The Balaban J connectivity index is 2.15. The SMILES string of the molecule is CC(C)(Cc1ccc(N2CCCCC2)c(Cl)c1)C(=O)O. The molecule has 1 heterocycles. The van der Waals surface area contributed by atoms with Crippen LogP contribution in [0.15, 0.2) is 18.2 Å². The second kappa shape index (κ2) is 6.04. The van der Waals surface area contributed by atoms with Gasteiger partial charge in [-0.1, -0.05) is 17.7 Å². The van der Waals surface area contributed by atoms with Gasteiger partial charge >= 0.3 is 5.97 Å². The lowest BCUT2D eigenvalue weighted by molar-refractivity contribution is -0.146. The summed E-state index contributed by atoms with van der Waals surface area (Å²) in [6.45, 7) is 5.59. The predicted octanol–water partition coefficient (Wildman–Crippen LogP) is 3.98. The van der Waals surface area contributed by atoms with Crippen molar-refractivity contribution in [1.29, 1.82) is 0 Å². The first-order valence-electron chi connectivity index (χ1n) is 7.17. The number of carboxylic acids is 1. The van der Waals surface area contributed by atoms with Crippen LogP contribution in [0.5, 0.6) is 0 Å². The van der Waals surface area contributed by atoms with Gasteiger partial charge in [0.05, 0.1) is 16.1 Å². The molecule has 0 amide bonds. The molecule has 4 heteroatoms. The van der Waals surface area contributed by atoms with Gasteiger partial charge in [0.25, 0.3) is 0 Å². The minimum absolute atomic E-state index is 0.488. The number of piperidine rings is 1. The standard InChI is InChI=1S/C16H22ClNO2/c1-16(2,15(19)20)11-12-6-7-14(13(17)10-12)18-8-4-3-5-9-18/h6-7,10H,3-5,8-9,11H2,1-2H3,(H,19,20). The molecule has 0 unspecified atom stereocenters. The summed E-state index contributed by atoms with van der Waals surface area (Å²) in [7, 11) is 0. The summed E-state index contributed by atoms with van der Waals surface area (Å²) in [5.41, 5.74) is 1.28. The Hall–Kier alpha value is -1.22. The van der Waals surface area contributed by atoms with E-state index in [0.29, 0.717) is 6.42 Å². The van der Waals surface area contributed by atoms with E-state index in [-0.39, 0.29) is 0 Å². The summed E-state index contributed by atoms with van der Waals surface area (Å²) < 4.78 is 0. The van der Waals surface area contributed by atoms with E-state index in [4.69, 9.17) is 11.6 Å². The Labute approximate surface area is 125 Å². The fraction of sp³-hybridized carbons (Fsp3) is 0.562. The quantitative estimate of drug-likeness (QED) is 0.913. The van der Waals surface area contributed by atoms with E-state index in [1.807, 2.05) is 18.2 Å². The molecular weight excluding hydrogens is 274 g/mol. The summed E-state index contributed by atoms with van der Waals surface area (Å²) in [6, 6.07) is 5.94. The number of halogens is 1. The minimum Gasteiger partial charge on any atom is -0.481 e.